The minimum atomic E-state index is -0.467. The van der Waals surface area contributed by atoms with Crippen molar-refractivity contribution in [1.29, 1.82) is 0 Å². The number of imidazole rings is 1. The number of hydrogen-bond donors (Lipinski definition) is 2. The van der Waals surface area contributed by atoms with E-state index in [4.69, 9.17) is 0 Å². The molecule has 2 N–H and O–H groups in total. The molecule has 0 aliphatic rings. The van der Waals surface area contributed by atoms with Gasteiger partial charge in [-0.25, -0.2) is 9.78 Å². The number of aromatic nitrogens is 4. The topological polar surface area (TPSA) is 83.5 Å². The SMILES string of the molecule is Cn1c(=O)[nH]c(=O)c2[nH]c(-c3ccsc3)nc21. The van der Waals surface area contributed by atoms with Gasteiger partial charge in [0.2, 0.25) is 0 Å². The predicted molar refractivity (Wildman–Crippen MR) is 65.3 cm³/mol. The highest BCUT2D eigenvalue weighted by Crippen LogP contribution is 2.20. The number of hydrogen-bond acceptors (Lipinski definition) is 4. The zero-order valence-corrected chi connectivity index (χ0v) is 9.67. The molecular formula is C10H8N4O2S. The second-order valence-electron chi connectivity index (χ2n) is 3.61. The Hall–Kier alpha value is -2.15. The second-order valence-corrected chi connectivity index (χ2v) is 4.39. The Morgan fingerprint density at radius 1 is 1.35 bits per heavy atom. The third-order valence-electron chi connectivity index (χ3n) is 2.55. The van der Waals surface area contributed by atoms with Gasteiger partial charge in [-0.1, -0.05) is 0 Å². The summed E-state index contributed by atoms with van der Waals surface area (Å²) < 4.78 is 1.31. The minimum Gasteiger partial charge on any atom is -0.332 e. The Bertz CT molecular complexity index is 794. The van der Waals surface area contributed by atoms with Crippen LogP contribution in [-0.2, 0) is 7.05 Å². The normalized spacial score (nSPS) is 11.1. The van der Waals surface area contributed by atoms with Gasteiger partial charge in [0, 0.05) is 18.0 Å². The standard InChI is InChI=1S/C10H8N4O2S/c1-14-8-6(9(15)13-10(14)16)11-7(12-8)5-2-3-17-4-5/h2-4H,1H3,(H,11,12)(H,13,15,16). The fourth-order valence-corrected chi connectivity index (χ4v) is 2.28. The van der Waals surface area contributed by atoms with Crippen molar-refractivity contribution in [1.82, 2.24) is 19.5 Å². The van der Waals surface area contributed by atoms with Crippen molar-refractivity contribution in [3.05, 3.63) is 37.7 Å². The van der Waals surface area contributed by atoms with Crippen molar-refractivity contribution in [2.75, 3.05) is 0 Å². The molecule has 0 spiro atoms. The third kappa shape index (κ3) is 1.43. The van der Waals surface area contributed by atoms with Gasteiger partial charge in [0.05, 0.1) is 0 Å². The number of thiophene rings is 1. The quantitative estimate of drug-likeness (QED) is 0.664. The van der Waals surface area contributed by atoms with Crippen molar-refractivity contribution < 1.29 is 0 Å². The minimum absolute atomic E-state index is 0.313. The van der Waals surface area contributed by atoms with Crippen molar-refractivity contribution in [2.45, 2.75) is 0 Å². The van der Waals surface area contributed by atoms with Crippen LogP contribution in [-0.4, -0.2) is 19.5 Å². The highest BCUT2D eigenvalue weighted by molar-refractivity contribution is 7.08. The van der Waals surface area contributed by atoms with Crippen LogP contribution < -0.4 is 11.2 Å². The van der Waals surface area contributed by atoms with Crippen LogP contribution in [0.5, 0.6) is 0 Å². The largest absolute Gasteiger partial charge is 0.332 e. The number of H-pyrrole nitrogens is 2. The maximum Gasteiger partial charge on any atom is 0.329 e. The van der Waals surface area contributed by atoms with Gasteiger partial charge in [0.1, 0.15) is 11.3 Å². The Labute approximate surface area is 98.6 Å². The summed E-state index contributed by atoms with van der Waals surface area (Å²) in [4.78, 5) is 32.4. The lowest BCUT2D eigenvalue weighted by molar-refractivity contribution is 0.832. The van der Waals surface area contributed by atoms with Gasteiger partial charge in [0.25, 0.3) is 5.56 Å². The molecule has 3 rings (SSSR count). The van der Waals surface area contributed by atoms with Gasteiger partial charge < -0.3 is 4.98 Å². The molecule has 0 atom stereocenters. The molecule has 3 heterocycles. The van der Waals surface area contributed by atoms with Gasteiger partial charge in [-0.05, 0) is 11.4 Å². The molecule has 6 nitrogen and oxygen atoms in total. The van der Waals surface area contributed by atoms with E-state index in [1.54, 1.807) is 18.4 Å². The fourth-order valence-electron chi connectivity index (χ4n) is 1.64. The van der Waals surface area contributed by atoms with Gasteiger partial charge in [-0.3, -0.25) is 14.3 Å². The van der Waals surface area contributed by atoms with E-state index in [-0.39, 0.29) is 0 Å². The van der Waals surface area contributed by atoms with E-state index >= 15 is 0 Å². The molecule has 3 aromatic rings. The van der Waals surface area contributed by atoms with E-state index in [2.05, 4.69) is 15.0 Å². The smallest absolute Gasteiger partial charge is 0.329 e. The maximum atomic E-state index is 11.6. The first-order valence-electron chi connectivity index (χ1n) is 4.88. The van der Waals surface area contributed by atoms with Gasteiger partial charge in [-0.2, -0.15) is 11.3 Å². The molecule has 0 radical (unpaired) electrons. The number of nitrogens with zero attached hydrogens (tertiary/aromatic N) is 2. The summed E-state index contributed by atoms with van der Waals surface area (Å²) in [7, 11) is 1.57. The third-order valence-corrected chi connectivity index (χ3v) is 3.23. The lowest BCUT2D eigenvalue weighted by atomic mass is 10.3. The summed E-state index contributed by atoms with van der Waals surface area (Å²) in [5.41, 5.74) is 0.661. The Morgan fingerprint density at radius 2 is 2.18 bits per heavy atom. The summed E-state index contributed by atoms with van der Waals surface area (Å²) in [5, 5.41) is 3.84. The number of nitrogens with one attached hydrogen (secondary N) is 2. The van der Waals surface area contributed by atoms with Gasteiger partial charge >= 0.3 is 5.69 Å². The number of fused-ring (bicyclic) bond motifs is 1. The highest BCUT2D eigenvalue weighted by Gasteiger charge is 2.11. The molecule has 0 fully saturated rings. The fraction of sp³-hybridized carbons (Fsp3) is 0.100. The number of rotatable bonds is 1. The summed E-state index contributed by atoms with van der Waals surface area (Å²) in [5.74, 6) is 0.591. The summed E-state index contributed by atoms with van der Waals surface area (Å²) >= 11 is 1.54. The lowest BCUT2D eigenvalue weighted by Gasteiger charge is -1.94. The molecule has 17 heavy (non-hydrogen) atoms. The van der Waals surface area contributed by atoms with Crippen LogP contribution in [0.15, 0.2) is 26.4 Å². The molecule has 0 bridgehead atoms. The molecule has 0 aliphatic carbocycles. The van der Waals surface area contributed by atoms with Gasteiger partial charge in [0.15, 0.2) is 5.65 Å². The molecular weight excluding hydrogens is 240 g/mol. The molecule has 7 heteroatoms. The average Bonchev–Trinajstić information content (AvgIpc) is 2.94. The summed E-state index contributed by atoms with van der Waals surface area (Å²) in [6.07, 6.45) is 0. The molecule has 86 valence electrons. The molecule has 0 saturated heterocycles. The average molecular weight is 248 g/mol. The van der Waals surface area contributed by atoms with E-state index in [0.29, 0.717) is 17.0 Å². The van der Waals surface area contributed by atoms with E-state index in [9.17, 15) is 9.59 Å². The zero-order valence-electron chi connectivity index (χ0n) is 8.85. The summed E-state index contributed by atoms with van der Waals surface area (Å²) in [6, 6.07) is 1.90. The highest BCUT2D eigenvalue weighted by atomic mass is 32.1. The van der Waals surface area contributed by atoms with Crippen LogP contribution in [0.2, 0.25) is 0 Å². The molecule has 0 unspecified atom stereocenters. The Morgan fingerprint density at radius 3 is 2.88 bits per heavy atom. The van der Waals surface area contributed by atoms with Crippen LogP contribution in [0.4, 0.5) is 0 Å². The molecule has 0 aromatic carbocycles. The van der Waals surface area contributed by atoms with Crippen LogP contribution in [0.25, 0.3) is 22.6 Å². The lowest BCUT2D eigenvalue weighted by Crippen LogP contribution is -2.28. The van der Waals surface area contributed by atoms with E-state index in [0.717, 1.165) is 5.56 Å². The predicted octanol–water partition coefficient (Wildman–Crippen LogP) is 0.678. The second kappa shape index (κ2) is 3.42. The van der Waals surface area contributed by atoms with Crippen molar-refractivity contribution in [2.24, 2.45) is 7.05 Å². The van der Waals surface area contributed by atoms with Crippen LogP contribution in [0.1, 0.15) is 0 Å². The Balaban J connectivity index is 2.41. The molecule has 3 aromatic heterocycles. The van der Waals surface area contributed by atoms with Crippen molar-refractivity contribution in [3.8, 4) is 11.4 Å². The van der Waals surface area contributed by atoms with Gasteiger partial charge in [-0.15, -0.1) is 0 Å². The van der Waals surface area contributed by atoms with Crippen molar-refractivity contribution >= 4 is 22.5 Å². The maximum absolute atomic E-state index is 11.6. The van der Waals surface area contributed by atoms with Crippen molar-refractivity contribution in [3.63, 3.8) is 0 Å². The van der Waals surface area contributed by atoms with Crippen LogP contribution in [0, 0.1) is 0 Å². The van der Waals surface area contributed by atoms with Crippen LogP contribution in [0.3, 0.4) is 0 Å². The molecule has 0 aliphatic heterocycles. The zero-order chi connectivity index (χ0) is 12.0. The van der Waals surface area contributed by atoms with E-state index in [1.807, 2.05) is 16.8 Å². The first kappa shape index (κ1) is 10.0. The first-order chi connectivity index (χ1) is 8.16. The molecule has 0 saturated carbocycles. The van der Waals surface area contributed by atoms with Crippen LogP contribution >= 0.6 is 11.3 Å². The number of aryl methyl sites for hydroxylation is 1. The summed E-state index contributed by atoms with van der Waals surface area (Å²) in [6.45, 7) is 0. The van der Waals surface area contributed by atoms with E-state index < -0.39 is 11.2 Å². The molecule has 0 amide bonds. The first-order valence-corrected chi connectivity index (χ1v) is 5.82. The number of aromatic amines is 2. The Kier molecular flexibility index (Phi) is 2.02. The monoisotopic (exact) mass is 248 g/mol. The van der Waals surface area contributed by atoms with E-state index in [1.165, 1.54) is 4.57 Å².